The lowest BCUT2D eigenvalue weighted by molar-refractivity contribution is 0.181. The lowest BCUT2D eigenvalue weighted by Crippen LogP contribution is -2.41. The predicted molar refractivity (Wildman–Crippen MR) is 110 cm³/mol. The summed E-state index contributed by atoms with van der Waals surface area (Å²) < 4.78 is 5.47. The number of pyridine rings is 1. The molecule has 24 heavy (non-hydrogen) atoms. The van der Waals surface area contributed by atoms with Crippen LogP contribution in [0, 0.1) is 5.92 Å². The van der Waals surface area contributed by atoms with Crippen molar-refractivity contribution in [2.24, 2.45) is 10.9 Å². The van der Waals surface area contributed by atoms with E-state index in [1.807, 2.05) is 31.3 Å². The molecule has 1 N–H and O–H groups in total. The molecular weight excluding hydrogens is 417 g/mol. The van der Waals surface area contributed by atoms with Crippen LogP contribution in [-0.4, -0.2) is 63.3 Å². The van der Waals surface area contributed by atoms with Crippen LogP contribution in [0.2, 0.25) is 0 Å². The van der Waals surface area contributed by atoms with Gasteiger partial charge in [-0.1, -0.05) is 6.07 Å². The molecule has 1 saturated heterocycles. The molecule has 0 radical (unpaired) electrons. The van der Waals surface area contributed by atoms with Gasteiger partial charge in [0.15, 0.2) is 5.96 Å². The molecule has 2 heterocycles. The monoisotopic (exact) mass is 447 g/mol. The summed E-state index contributed by atoms with van der Waals surface area (Å²) in [5.41, 5.74) is 1.13. The van der Waals surface area contributed by atoms with Crippen molar-refractivity contribution >= 4 is 35.8 Å². The van der Waals surface area contributed by atoms with E-state index < -0.39 is 0 Å². The summed E-state index contributed by atoms with van der Waals surface area (Å²) in [6.45, 7) is 6.29. The molecule has 7 heteroatoms. The Hall–Kier alpha value is -1.09. The summed E-state index contributed by atoms with van der Waals surface area (Å²) in [5, 5.41) is 3.38. The number of guanidine groups is 1. The van der Waals surface area contributed by atoms with Crippen LogP contribution >= 0.6 is 24.0 Å². The molecule has 1 aromatic heterocycles. The summed E-state index contributed by atoms with van der Waals surface area (Å²) in [6.07, 6.45) is 2.96. The fourth-order valence-corrected chi connectivity index (χ4v) is 2.79. The van der Waals surface area contributed by atoms with Gasteiger partial charge in [0.2, 0.25) is 0 Å². The first kappa shape index (κ1) is 21.0. The molecule has 1 atom stereocenters. The SMILES string of the molecule is CCNC(=NCc1cccnc1N(C)C)N(C)CC1CCOC1.I. The van der Waals surface area contributed by atoms with Crippen molar-refractivity contribution in [3.05, 3.63) is 23.9 Å². The lowest BCUT2D eigenvalue weighted by Gasteiger charge is -2.24. The molecule has 0 spiro atoms. The lowest BCUT2D eigenvalue weighted by atomic mass is 10.1. The highest BCUT2D eigenvalue weighted by atomic mass is 127. The number of anilines is 1. The summed E-state index contributed by atoms with van der Waals surface area (Å²) in [4.78, 5) is 13.5. The first-order valence-electron chi connectivity index (χ1n) is 8.30. The van der Waals surface area contributed by atoms with Gasteiger partial charge in [0.25, 0.3) is 0 Å². The fourth-order valence-electron chi connectivity index (χ4n) is 2.79. The van der Waals surface area contributed by atoms with Crippen molar-refractivity contribution < 1.29 is 4.74 Å². The Labute approximate surface area is 162 Å². The highest BCUT2D eigenvalue weighted by Crippen LogP contribution is 2.16. The molecule has 1 fully saturated rings. The quantitative estimate of drug-likeness (QED) is 0.412. The van der Waals surface area contributed by atoms with E-state index in [0.717, 1.165) is 50.1 Å². The maximum absolute atomic E-state index is 5.47. The molecule has 0 aromatic carbocycles. The zero-order valence-electron chi connectivity index (χ0n) is 15.2. The highest BCUT2D eigenvalue weighted by Gasteiger charge is 2.19. The summed E-state index contributed by atoms with van der Waals surface area (Å²) in [7, 11) is 6.11. The molecule has 0 saturated carbocycles. The second-order valence-electron chi connectivity index (χ2n) is 6.16. The van der Waals surface area contributed by atoms with Gasteiger partial charge in [0.05, 0.1) is 13.2 Å². The van der Waals surface area contributed by atoms with Gasteiger partial charge in [0, 0.05) is 58.5 Å². The number of nitrogens with zero attached hydrogens (tertiary/aromatic N) is 4. The standard InChI is InChI=1S/C17H29N5O.HI/c1-5-18-17(22(4)12-14-8-10-23-13-14)20-11-15-7-6-9-19-16(15)21(2)3;/h6-7,9,14H,5,8,10-13H2,1-4H3,(H,18,20);1H. The highest BCUT2D eigenvalue weighted by molar-refractivity contribution is 14.0. The summed E-state index contributed by atoms with van der Waals surface area (Å²) in [5.74, 6) is 2.51. The topological polar surface area (TPSA) is 53.0 Å². The minimum atomic E-state index is 0. The van der Waals surface area contributed by atoms with E-state index in [-0.39, 0.29) is 24.0 Å². The summed E-state index contributed by atoms with van der Waals surface area (Å²) in [6, 6.07) is 4.05. The zero-order chi connectivity index (χ0) is 16.7. The van der Waals surface area contributed by atoms with Crippen molar-refractivity contribution in [1.82, 2.24) is 15.2 Å². The first-order valence-corrected chi connectivity index (χ1v) is 8.30. The molecular formula is C17H30IN5O. The molecule has 1 aliphatic heterocycles. The fraction of sp³-hybridized carbons (Fsp3) is 0.647. The van der Waals surface area contributed by atoms with Crippen LogP contribution < -0.4 is 10.2 Å². The molecule has 0 amide bonds. The Kier molecular flexibility index (Phi) is 9.35. The Morgan fingerprint density at radius 1 is 1.42 bits per heavy atom. The molecule has 0 bridgehead atoms. The number of hydrogen-bond donors (Lipinski definition) is 1. The van der Waals surface area contributed by atoms with Gasteiger partial charge in [-0.2, -0.15) is 0 Å². The smallest absolute Gasteiger partial charge is 0.193 e. The largest absolute Gasteiger partial charge is 0.381 e. The van der Waals surface area contributed by atoms with E-state index in [2.05, 4.69) is 35.2 Å². The third kappa shape index (κ3) is 6.08. The van der Waals surface area contributed by atoms with Crippen molar-refractivity contribution in [3.8, 4) is 0 Å². The molecule has 6 nitrogen and oxygen atoms in total. The third-order valence-corrected chi connectivity index (χ3v) is 3.94. The second-order valence-corrected chi connectivity index (χ2v) is 6.16. The van der Waals surface area contributed by atoms with Crippen LogP contribution in [-0.2, 0) is 11.3 Å². The number of hydrogen-bond acceptors (Lipinski definition) is 4. The average molecular weight is 447 g/mol. The van der Waals surface area contributed by atoms with Crippen LogP contribution in [0.4, 0.5) is 5.82 Å². The molecule has 0 aliphatic carbocycles. The molecule has 1 aliphatic rings. The van der Waals surface area contributed by atoms with Crippen LogP contribution in [0.5, 0.6) is 0 Å². The Balaban J connectivity index is 0.00000288. The van der Waals surface area contributed by atoms with Crippen molar-refractivity contribution in [1.29, 1.82) is 0 Å². The van der Waals surface area contributed by atoms with Crippen molar-refractivity contribution in [3.63, 3.8) is 0 Å². The van der Waals surface area contributed by atoms with E-state index in [4.69, 9.17) is 9.73 Å². The van der Waals surface area contributed by atoms with Crippen LogP contribution in [0.25, 0.3) is 0 Å². The number of ether oxygens (including phenoxy) is 1. The molecule has 136 valence electrons. The Morgan fingerprint density at radius 3 is 2.83 bits per heavy atom. The van der Waals surface area contributed by atoms with Crippen LogP contribution in [0.15, 0.2) is 23.3 Å². The van der Waals surface area contributed by atoms with Crippen molar-refractivity contribution in [2.75, 3.05) is 52.3 Å². The third-order valence-electron chi connectivity index (χ3n) is 3.94. The predicted octanol–water partition coefficient (Wildman–Crippen LogP) is 2.20. The van der Waals surface area contributed by atoms with Gasteiger partial charge in [-0.15, -0.1) is 24.0 Å². The Bertz CT molecular complexity index is 517. The van der Waals surface area contributed by atoms with Crippen molar-refractivity contribution in [2.45, 2.75) is 19.9 Å². The molecule has 1 aromatic rings. The normalized spacial score (nSPS) is 17.3. The number of aliphatic imine (C=N–C) groups is 1. The summed E-state index contributed by atoms with van der Waals surface area (Å²) >= 11 is 0. The Morgan fingerprint density at radius 2 is 2.21 bits per heavy atom. The first-order chi connectivity index (χ1) is 11.1. The number of nitrogens with one attached hydrogen (secondary N) is 1. The molecule has 1 unspecified atom stereocenters. The van der Waals surface area contributed by atoms with E-state index in [1.54, 1.807) is 0 Å². The van der Waals surface area contributed by atoms with E-state index in [0.29, 0.717) is 12.5 Å². The van der Waals surface area contributed by atoms with Gasteiger partial charge < -0.3 is 19.9 Å². The molecule has 2 rings (SSSR count). The number of halogens is 1. The van der Waals surface area contributed by atoms with E-state index in [9.17, 15) is 0 Å². The van der Waals surface area contributed by atoms with Crippen LogP contribution in [0.1, 0.15) is 18.9 Å². The van der Waals surface area contributed by atoms with Crippen LogP contribution in [0.3, 0.4) is 0 Å². The zero-order valence-corrected chi connectivity index (χ0v) is 17.5. The van der Waals surface area contributed by atoms with E-state index >= 15 is 0 Å². The second kappa shape index (κ2) is 10.7. The minimum absolute atomic E-state index is 0. The maximum atomic E-state index is 5.47. The minimum Gasteiger partial charge on any atom is -0.381 e. The number of rotatable bonds is 6. The maximum Gasteiger partial charge on any atom is 0.193 e. The van der Waals surface area contributed by atoms with Gasteiger partial charge in [-0.05, 0) is 19.4 Å². The van der Waals surface area contributed by atoms with Gasteiger partial charge in [-0.3, -0.25) is 0 Å². The van der Waals surface area contributed by atoms with Gasteiger partial charge in [-0.25, -0.2) is 9.98 Å². The van der Waals surface area contributed by atoms with E-state index in [1.165, 1.54) is 0 Å². The number of aromatic nitrogens is 1. The average Bonchev–Trinajstić information content (AvgIpc) is 3.04. The van der Waals surface area contributed by atoms with Gasteiger partial charge in [0.1, 0.15) is 5.82 Å². The van der Waals surface area contributed by atoms with Gasteiger partial charge >= 0.3 is 0 Å².